The molecule has 0 spiro atoms. The quantitative estimate of drug-likeness (QED) is 0.714. The molecular weight excluding hydrogens is 367 g/mol. The molecule has 1 aliphatic rings. The standard InChI is InChI=1S/C16H14Cl2N4O3/c1-16(14(24)20-15(25)21-16)8-4-3-5-9(6-8)19-13(23)11-7-10(17)12(18)22(11)2/h3-7H,1-2H3,(H,19,23)(H2,20,21,24,25). The lowest BCUT2D eigenvalue weighted by atomic mass is 9.92. The van der Waals surface area contributed by atoms with E-state index in [1.54, 1.807) is 38.2 Å². The molecule has 3 rings (SSSR count). The number of nitrogens with zero attached hydrogens (tertiary/aromatic N) is 1. The summed E-state index contributed by atoms with van der Waals surface area (Å²) in [5.41, 5.74) is 0.0938. The zero-order valence-electron chi connectivity index (χ0n) is 13.3. The first kappa shape index (κ1) is 17.3. The van der Waals surface area contributed by atoms with Crippen LogP contribution < -0.4 is 16.0 Å². The number of nitrogens with one attached hydrogen (secondary N) is 3. The molecule has 130 valence electrons. The molecule has 1 fully saturated rings. The highest BCUT2D eigenvalue weighted by Gasteiger charge is 2.43. The van der Waals surface area contributed by atoms with Crippen LogP contribution in [0.5, 0.6) is 0 Å². The van der Waals surface area contributed by atoms with Crippen molar-refractivity contribution in [3.8, 4) is 0 Å². The molecular formula is C16H14Cl2N4O3. The molecule has 2 aromatic rings. The van der Waals surface area contributed by atoms with E-state index < -0.39 is 23.4 Å². The maximum absolute atomic E-state index is 12.4. The normalized spacial score (nSPS) is 19.5. The van der Waals surface area contributed by atoms with Crippen molar-refractivity contribution in [2.24, 2.45) is 7.05 Å². The molecule has 0 saturated carbocycles. The van der Waals surface area contributed by atoms with E-state index in [1.165, 1.54) is 10.6 Å². The van der Waals surface area contributed by atoms with Gasteiger partial charge in [-0.2, -0.15) is 0 Å². The van der Waals surface area contributed by atoms with Gasteiger partial charge >= 0.3 is 6.03 Å². The average molecular weight is 381 g/mol. The Morgan fingerprint density at radius 3 is 2.52 bits per heavy atom. The summed E-state index contributed by atoms with van der Waals surface area (Å²) in [6.07, 6.45) is 0. The lowest BCUT2D eigenvalue weighted by Crippen LogP contribution is -2.40. The predicted octanol–water partition coefficient (Wildman–Crippen LogP) is 2.64. The Hall–Kier alpha value is -2.51. The highest BCUT2D eigenvalue weighted by Crippen LogP contribution is 2.28. The van der Waals surface area contributed by atoms with Crippen LogP contribution in [-0.4, -0.2) is 22.4 Å². The molecule has 3 N–H and O–H groups in total. The minimum atomic E-state index is -1.20. The molecule has 4 amide bonds. The fourth-order valence-corrected chi connectivity index (χ4v) is 2.99. The van der Waals surface area contributed by atoms with E-state index in [1.807, 2.05) is 0 Å². The molecule has 1 unspecified atom stereocenters. The van der Waals surface area contributed by atoms with Gasteiger partial charge in [0.05, 0.1) is 5.02 Å². The fraction of sp³-hybridized carbons (Fsp3) is 0.188. The van der Waals surface area contributed by atoms with Crippen LogP contribution in [0.25, 0.3) is 0 Å². The number of carbonyl (C=O) groups is 3. The molecule has 1 aromatic heterocycles. The largest absolute Gasteiger partial charge is 0.329 e. The van der Waals surface area contributed by atoms with Crippen LogP contribution in [0.4, 0.5) is 10.5 Å². The summed E-state index contributed by atoms with van der Waals surface area (Å²) < 4.78 is 1.47. The molecule has 0 radical (unpaired) electrons. The third-order valence-electron chi connectivity index (χ3n) is 4.09. The minimum absolute atomic E-state index is 0.262. The Kier molecular flexibility index (Phi) is 4.22. The van der Waals surface area contributed by atoms with Crippen LogP contribution in [0.15, 0.2) is 30.3 Å². The van der Waals surface area contributed by atoms with Gasteiger partial charge in [0.25, 0.3) is 11.8 Å². The van der Waals surface area contributed by atoms with E-state index >= 15 is 0 Å². The number of amides is 4. The van der Waals surface area contributed by atoms with Crippen molar-refractivity contribution >= 4 is 46.7 Å². The Labute approximate surface area is 153 Å². The summed E-state index contributed by atoms with van der Waals surface area (Å²) in [5, 5.41) is 8.04. The summed E-state index contributed by atoms with van der Waals surface area (Å²) in [5.74, 6) is -0.861. The minimum Gasteiger partial charge on any atom is -0.329 e. The van der Waals surface area contributed by atoms with Gasteiger partial charge in [-0.05, 0) is 30.7 Å². The lowest BCUT2D eigenvalue weighted by Gasteiger charge is -2.21. The predicted molar refractivity (Wildman–Crippen MR) is 93.9 cm³/mol. The molecule has 1 saturated heterocycles. The number of imide groups is 1. The second-order valence-corrected chi connectivity index (χ2v) is 6.56. The second-order valence-electron chi connectivity index (χ2n) is 5.80. The van der Waals surface area contributed by atoms with E-state index in [2.05, 4.69) is 16.0 Å². The fourth-order valence-electron chi connectivity index (χ4n) is 2.61. The van der Waals surface area contributed by atoms with Crippen molar-refractivity contribution in [3.05, 3.63) is 51.8 Å². The summed E-state index contributed by atoms with van der Waals surface area (Å²) in [6.45, 7) is 1.59. The smallest absolute Gasteiger partial charge is 0.322 e. The first-order chi connectivity index (χ1) is 11.7. The zero-order chi connectivity index (χ0) is 18.4. The van der Waals surface area contributed by atoms with Crippen molar-refractivity contribution in [1.82, 2.24) is 15.2 Å². The van der Waals surface area contributed by atoms with Crippen LogP contribution in [-0.2, 0) is 17.4 Å². The lowest BCUT2D eigenvalue weighted by molar-refractivity contribution is -0.123. The number of halogens is 2. The number of urea groups is 1. The van der Waals surface area contributed by atoms with E-state index in [0.717, 1.165) is 0 Å². The van der Waals surface area contributed by atoms with Crippen molar-refractivity contribution in [2.45, 2.75) is 12.5 Å². The van der Waals surface area contributed by atoms with Crippen LogP contribution in [0, 0.1) is 0 Å². The maximum Gasteiger partial charge on any atom is 0.322 e. The molecule has 7 nitrogen and oxygen atoms in total. The van der Waals surface area contributed by atoms with E-state index in [-0.39, 0.29) is 10.2 Å². The Morgan fingerprint density at radius 2 is 1.96 bits per heavy atom. The molecule has 9 heteroatoms. The van der Waals surface area contributed by atoms with Gasteiger partial charge in [-0.15, -0.1) is 0 Å². The monoisotopic (exact) mass is 380 g/mol. The van der Waals surface area contributed by atoms with Gasteiger partial charge in [0.15, 0.2) is 0 Å². The van der Waals surface area contributed by atoms with E-state index in [0.29, 0.717) is 16.9 Å². The number of benzene rings is 1. The Bertz CT molecular complexity index is 909. The van der Waals surface area contributed by atoms with Crippen LogP contribution in [0.1, 0.15) is 23.0 Å². The molecule has 2 heterocycles. The van der Waals surface area contributed by atoms with Gasteiger partial charge in [0, 0.05) is 12.7 Å². The van der Waals surface area contributed by atoms with Gasteiger partial charge in [0.2, 0.25) is 0 Å². The average Bonchev–Trinajstić information content (AvgIpc) is 2.98. The number of hydrogen-bond acceptors (Lipinski definition) is 3. The number of anilines is 1. The number of carbonyl (C=O) groups excluding carboxylic acids is 3. The summed E-state index contributed by atoms with van der Waals surface area (Å²) in [4.78, 5) is 35.9. The van der Waals surface area contributed by atoms with Crippen molar-refractivity contribution in [1.29, 1.82) is 0 Å². The first-order valence-electron chi connectivity index (χ1n) is 7.28. The van der Waals surface area contributed by atoms with E-state index in [9.17, 15) is 14.4 Å². The van der Waals surface area contributed by atoms with Gasteiger partial charge in [-0.25, -0.2) is 4.79 Å². The molecule has 1 atom stereocenters. The van der Waals surface area contributed by atoms with E-state index in [4.69, 9.17) is 23.2 Å². The van der Waals surface area contributed by atoms with Gasteiger partial charge < -0.3 is 15.2 Å². The van der Waals surface area contributed by atoms with Crippen molar-refractivity contribution in [2.75, 3.05) is 5.32 Å². The topological polar surface area (TPSA) is 92.2 Å². The third-order valence-corrected chi connectivity index (χ3v) is 4.93. The number of hydrogen-bond donors (Lipinski definition) is 3. The highest BCUT2D eigenvalue weighted by molar-refractivity contribution is 6.42. The van der Waals surface area contributed by atoms with Gasteiger partial charge in [-0.1, -0.05) is 35.3 Å². The maximum atomic E-state index is 12.4. The molecule has 1 aromatic carbocycles. The van der Waals surface area contributed by atoms with Gasteiger partial charge in [0.1, 0.15) is 16.4 Å². The summed E-state index contributed by atoms with van der Waals surface area (Å²) >= 11 is 11.9. The van der Waals surface area contributed by atoms with Crippen molar-refractivity contribution < 1.29 is 14.4 Å². The SMILES string of the molecule is Cn1c(C(=O)Nc2cccc(C3(C)NC(=O)NC3=O)c2)cc(Cl)c1Cl. The summed E-state index contributed by atoms with van der Waals surface area (Å²) in [6, 6.07) is 7.57. The first-order valence-corrected chi connectivity index (χ1v) is 8.04. The van der Waals surface area contributed by atoms with Crippen LogP contribution in [0.3, 0.4) is 0 Å². The summed E-state index contributed by atoms with van der Waals surface area (Å²) in [7, 11) is 1.62. The molecule has 25 heavy (non-hydrogen) atoms. The number of aromatic nitrogens is 1. The third kappa shape index (κ3) is 2.96. The Morgan fingerprint density at radius 1 is 1.24 bits per heavy atom. The second kappa shape index (κ2) is 6.09. The van der Waals surface area contributed by atoms with Crippen LogP contribution in [0.2, 0.25) is 10.2 Å². The number of rotatable bonds is 3. The Balaban J connectivity index is 1.87. The molecule has 0 aliphatic carbocycles. The zero-order valence-corrected chi connectivity index (χ0v) is 14.8. The molecule has 1 aliphatic heterocycles. The van der Waals surface area contributed by atoms with Crippen molar-refractivity contribution in [3.63, 3.8) is 0 Å². The highest BCUT2D eigenvalue weighted by atomic mass is 35.5. The molecule has 0 bridgehead atoms. The van der Waals surface area contributed by atoms with Crippen LogP contribution >= 0.6 is 23.2 Å². The van der Waals surface area contributed by atoms with Gasteiger partial charge in [-0.3, -0.25) is 14.9 Å².